The second-order valence-corrected chi connectivity index (χ2v) is 12.5. The Kier molecular flexibility index (Phi) is 6.03. The number of rotatable bonds is 5. The largest absolute Gasteiger partial charge is 0.310 e. The van der Waals surface area contributed by atoms with Crippen LogP contribution in [0.4, 0.5) is 17.1 Å². The van der Waals surface area contributed by atoms with E-state index in [4.69, 9.17) is 0 Å². The molecule has 0 atom stereocenters. The number of para-hydroxylation sites is 3. The maximum Gasteiger partial charge on any atom is 0.0554 e. The van der Waals surface area contributed by atoms with Crippen molar-refractivity contribution in [3.8, 4) is 16.8 Å². The zero-order valence-electron chi connectivity index (χ0n) is 24.5. The Morgan fingerprint density at radius 2 is 1.00 bits per heavy atom. The molecular formula is C42H28N2S. The third-order valence-corrected chi connectivity index (χ3v) is 9.89. The third kappa shape index (κ3) is 4.24. The van der Waals surface area contributed by atoms with Crippen molar-refractivity contribution in [2.45, 2.75) is 0 Å². The number of thiophene rings is 1. The van der Waals surface area contributed by atoms with Crippen molar-refractivity contribution in [2.24, 2.45) is 0 Å². The lowest BCUT2D eigenvalue weighted by molar-refractivity contribution is 1.18. The molecule has 2 nitrogen and oxygen atoms in total. The van der Waals surface area contributed by atoms with Crippen LogP contribution in [-0.4, -0.2) is 4.57 Å². The van der Waals surface area contributed by atoms with E-state index in [-0.39, 0.29) is 0 Å². The van der Waals surface area contributed by atoms with Gasteiger partial charge in [0.2, 0.25) is 0 Å². The molecule has 0 amide bonds. The lowest BCUT2D eigenvalue weighted by Crippen LogP contribution is -2.10. The highest BCUT2D eigenvalue weighted by atomic mass is 32.1. The van der Waals surface area contributed by atoms with Crippen molar-refractivity contribution in [1.82, 2.24) is 4.57 Å². The molecule has 0 aliphatic heterocycles. The summed E-state index contributed by atoms with van der Waals surface area (Å²) in [6.45, 7) is 0. The van der Waals surface area contributed by atoms with E-state index < -0.39 is 0 Å². The zero-order chi connectivity index (χ0) is 29.7. The average molecular weight is 593 g/mol. The maximum atomic E-state index is 2.40. The standard InChI is InChI=1S/C42H28N2S/c1-2-15-31(16-3-1)43(39-24-12-26-41-42(39)36-21-6-9-25-40(36)45-41)32-17-10-13-29(27-32)30-14-11-18-33(28-30)44-37-22-7-4-19-34(37)35-20-5-8-23-38(35)44/h1-28H. The summed E-state index contributed by atoms with van der Waals surface area (Å²) in [6.07, 6.45) is 0. The first-order valence-corrected chi connectivity index (χ1v) is 16.1. The second-order valence-electron chi connectivity index (χ2n) is 11.4. The van der Waals surface area contributed by atoms with Gasteiger partial charge in [-0.15, -0.1) is 11.3 Å². The van der Waals surface area contributed by atoms with Gasteiger partial charge in [0.15, 0.2) is 0 Å². The first kappa shape index (κ1) is 25.8. The van der Waals surface area contributed by atoms with E-state index in [0.717, 1.165) is 17.1 Å². The number of fused-ring (bicyclic) bond motifs is 6. The molecule has 3 heteroatoms. The Labute approximate surface area is 265 Å². The number of nitrogens with zero attached hydrogens (tertiary/aromatic N) is 2. The highest BCUT2D eigenvalue weighted by molar-refractivity contribution is 7.26. The van der Waals surface area contributed by atoms with E-state index in [0.29, 0.717) is 0 Å². The fourth-order valence-electron chi connectivity index (χ4n) is 6.80. The minimum absolute atomic E-state index is 1.13. The molecule has 45 heavy (non-hydrogen) atoms. The quantitative estimate of drug-likeness (QED) is 0.193. The van der Waals surface area contributed by atoms with E-state index in [2.05, 4.69) is 179 Å². The molecule has 2 heterocycles. The smallest absolute Gasteiger partial charge is 0.0554 e. The highest BCUT2D eigenvalue weighted by Crippen LogP contribution is 2.45. The molecule has 9 rings (SSSR count). The predicted molar refractivity (Wildman–Crippen MR) is 194 cm³/mol. The molecule has 9 aromatic rings. The Balaban J connectivity index is 1.22. The van der Waals surface area contributed by atoms with Crippen LogP contribution >= 0.6 is 11.3 Å². The molecule has 0 saturated heterocycles. The van der Waals surface area contributed by atoms with E-state index >= 15 is 0 Å². The van der Waals surface area contributed by atoms with Crippen molar-refractivity contribution in [1.29, 1.82) is 0 Å². The minimum Gasteiger partial charge on any atom is -0.310 e. The van der Waals surface area contributed by atoms with Crippen LogP contribution < -0.4 is 4.90 Å². The summed E-state index contributed by atoms with van der Waals surface area (Å²) in [6, 6.07) is 61.4. The summed E-state index contributed by atoms with van der Waals surface area (Å²) < 4.78 is 4.99. The Morgan fingerprint density at radius 1 is 0.422 bits per heavy atom. The van der Waals surface area contributed by atoms with Crippen molar-refractivity contribution in [3.05, 3.63) is 170 Å². The van der Waals surface area contributed by atoms with E-state index in [1.54, 1.807) is 0 Å². The lowest BCUT2D eigenvalue weighted by atomic mass is 10.0. The predicted octanol–water partition coefficient (Wildman–Crippen LogP) is 12.3. The van der Waals surface area contributed by atoms with Crippen LogP contribution in [0.1, 0.15) is 0 Å². The molecule has 0 spiro atoms. The van der Waals surface area contributed by atoms with Crippen LogP contribution in [0.15, 0.2) is 170 Å². The summed E-state index contributed by atoms with van der Waals surface area (Å²) >= 11 is 1.86. The van der Waals surface area contributed by atoms with Gasteiger partial charge in [-0.2, -0.15) is 0 Å². The van der Waals surface area contributed by atoms with Crippen molar-refractivity contribution in [3.63, 3.8) is 0 Å². The molecule has 0 fully saturated rings. The molecule has 0 aliphatic rings. The van der Waals surface area contributed by atoms with Crippen LogP contribution in [0, 0.1) is 0 Å². The molecule has 0 bridgehead atoms. The fourth-order valence-corrected chi connectivity index (χ4v) is 7.92. The van der Waals surface area contributed by atoms with Gasteiger partial charge in [0, 0.05) is 48.0 Å². The van der Waals surface area contributed by atoms with Crippen LogP contribution in [0.3, 0.4) is 0 Å². The molecule has 0 N–H and O–H groups in total. The van der Waals surface area contributed by atoms with Gasteiger partial charge >= 0.3 is 0 Å². The van der Waals surface area contributed by atoms with Crippen molar-refractivity contribution in [2.75, 3.05) is 4.90 Å². The highest BCUT2D eigenvalue weighted by Gasteiger charge is 2.19. The van der Waals surface area contributed by atoms with Gasteiger partial charge < -0.3 is 9.47 Å². The number of aromatic nitrogens is 1. The average Bonchev–Trinajstić information content (AvgIpc) is 3.66. The van der Waals surface area contributed by atoms with Gasteiger partial charge in [-0.1, -0.05) is 103 Å². The first-order valence-electron chi connectivity index (χ1n) is 15.3. The molecule has 212 valence electrons. The summed E-state index contributed by atoms with van der Waals surface area (Å²) in [5.41, 5.74) is 9.41. The third-order valence-electron chi connectivity index (χ3n) is 8.76. The first-order chi connectivity index (χ1) is 22.3. The SMILES string of the molecule is c1ccc(N(c2cccc(-c3cccc(-n4c5ccccc5c5ccccc54)c3)c2)c2cccc3sc4ccccc4c23)cc1. The van der Waals surface area contributed by atoms with Crippen molar-refractivity contribution < 1.29 is 0 Å². The summed E-state index contributed by atoms with van der Waals surface area (Å²) in [5.74, 6) is 0. The van der Waals surface area contributed by atoms with Gasteiger partial charge in [0.05, 0.1) is 16.7 Å². The molecule has 0 saturated carbocycles. The monoisotopic (exact) mass is 592 g/mol. The van der Waals surface area contributed by atoms with E-state index in [9.17, 15) is 0 Å². The zero-order valence-corrected chi connectivity index (χ0v) is 25.3. The Bertz CT molecular complexity index is 2450. The summed E-state index contributed by atoms with van der Waals surface area (Å²) in [4.78, 5) is 2.40. The number of benzene rings is 7. The van der Waals surface area contributed by atoms with Crippen LogP contribution in [0.25, 0.3) is 58.8 Å². The van der Waals surface area contributed by atoms with Crippen LogP contribution in [0.2, 0.25) is 0 Å². The summed E-state index contributed by atoms with van der Waals surface area (Å²) in [5, 5.41) is 5.13. The van der Waals surface area contributed by atoms with E-state index in [1.165, 1.54) is 58.8 Å². The van der Waals surface area contributed by atoms with Gasteiger partial charge in [0.25, 0.3) is 0 Å². The Morgan fingerprint density at radius 3 is 1.78 bits per heavy atom. The number of hydrogen-bond donors (Lipinski definition) is 0. The fraction of sp³-hybridized carbons (Fsp3) is 0. The Hall–Kier alpha value is -5.64. The topological polar surface area (TPSA) is 8.17 Å². The molecule has 0 radical (unpaired) electrons. The number of anilines is 3. The maximum absolute atomic E-state index is 2.40. The second kappa shape index (κ2) is 10.5. The summed E-state index contributed by atoms with van der Waals surface area (Å²) in [7, 11) is 0. The minimum atomic E-state index is 1.13. The van der Waals surface area contributed by atoms with Gasteiger partial charge in [-0.3, -0.25) is 0 Å². The molecule has 0 aliphatic carbocycles. The van der Waals surface area contributed by atoms with Gasteiger partial charge in [-0.05, 0) is 77.9 Å². The van der Waals surface area contributed by atoms with Gasteiger partial charge in [0.1, 0.15) is 0 Å². The normalized spacial score (nSPS) is 11.6. The van der Waals surface area contributed by atoms with Gasteiger partial charge in [-0.25, -0.2) is 0 Å². The van der Waals surface area contributed by atoms with E-state index in [1.807, 2.05) is 11.3 Å². The van der Waals surface area contributed by atoms with Crippen LogP contribution in [-0.2, 0) is 0 Å². The van der Waals surface area contributed by atoms with Crippen LogP contribution in [0.5, 0.6) is 0 Å². The molecular weight excluding hydrogens is 565 g/mol. The molecule has 0 unspecified atom stereocenters. The number of hydrogen-bond acceptors (Lipinski definition) is 2. The molecule has 7 aromatic carbocycles. The molecule has 2 aromatic heterocycles. The lowest BCUT2D eigenvalue weighted by Gasteiger charge is -2.27. The van der Waals surface area contributed by atoms with Crippen molar-refractivity contribution >= 4 is 70.4 Å².